The van der Waals surface area contributed by atoms with Crippen LogP contribution in [0.25, 0.3) is 10.9 Å². The number of carbonyl (C=O) groups is 2. The molecule has 1 heterocycles. The molecule has 2 N–H and O–H groups in total. The maximum atomic E-state index is 12.5. The normalized spacial score (nSPS) is 10.8. The number of hydrogen-bond acceptors (Lipinski definition) is 4. The number of thioether (sulfide) groups is 1. The Balaban J connectivity index is 1.35. The smallest absolute Gasteiger partial charge is 0.251 e. The Bertz CT molecular complexity index is 1320. The van der Waals surface area contributed by atoms with Gasteiger partial charge in [0.25, 0.3) is 5.91 Å². The number of para-hydroxylation sites is 1. The van der Waals surface area contributed by atoms with Crippen LogP contribution in [0, 0.1) is 0 Å². The molecule has 0 saturated heterocycles. The Hall–Kier alpha value is -3.42. The molecular formula is C27H26ClN3O3S. The molecule has 2 amide bonds. The molecule has 0 radical (unpaired) electrons. The lowest BCUT2D eigenvalue weighted by atomic mass is 10.2. The van der Waals surface area contributed by atoms with E-state index in [0.29, 0.717) is 36.0 Å². The van der Waals surface area contributed by atoms with E-state index in [-0.39, 0.29) is 17.6 Å². The maximum Gasteiger partial charge on any atom is 0.251 e. The number of carbonyl (C=O) groups excluding carboxylic acids is 2. The minimum Gasteiger partial charge on any atom is -0.494 e. The first-order valence-corrected chi connectivity index (χ1v) is 12.7. The summed E-state index contributed by atoms with van der Waals surface area (Å²) in [6.45, 7) is 3.59. The highest BCUT2D eigenvalue weighted by molar-refractivity contribution is 8.00. The number of amides is 2. The fraction of sp³-hybridized carbons (Fsp3) is 0.185. The van der Waals surface area contributed by atoms with Gasteiger partial charge in [0, 0.05) is 51.4 Å². The summed E-state index contributed by atoms with van der Waals surface area (Å²) in [5, 5.41) is 7.50. The Morgan fingerprint density at radius 3 is 2.60 bits per heavy atom. The van der Waals surface area contributed by atoms with E-state index in [2.05, 4.69) is 15.2 Å². The summed E-state index contributed by atoms with van der Waals surface area (Å²) in [7, 11) is 0. The van der Waals surface area contributed by atoms with Gasteiger partial charge in [-0.15, -0.1) is 11.8 Å². The second-order valence-corrected chi connectivity index (χ2v) is 9.22. The summed E-state index contributed by atoms with van der Waals surface area (Å²) in [6.07, 6.45) is 2.03. The lowest BCUT2D eigenvalue weighted by Crippen LogP contribution is -2.27. The molecule has 0 bridgehead atoms. The molecule has 1 aromatic heterocycles. The van der Waals surface area contributed by atoms with Gasteiger partial charge in [-0.3, -0.25) is 9.59 Å². The Morgan fingerprint density at radius 2 is 1.83 bits per heavy atom. The van der Waals surface area contributed by atoms with Gasteiger partial charge in [-0.25, -0.2) is 0 Å². The van der Waals surface area contributed by atoms with Crippen molar-refractivity contribution in [2.75, 3.05) is 24.2 Å². The second kappa shape index (κ2) is 11.8. The summed E-state index contributed by atoms with van der Waals surface area (Å²) in [5.41, 5.74) is 2.32. The summed E-state index contributed by atoms with van der Waals surface area (Å²) >= 11 is 7.47. The number of nitrogens with one attached hydrogen (secondary N) is 2. The molecule has 0 aliphatic rings. The van der Waals surface area contributed by atoms with E-state index in [1.54, 1.807) is 42.5 Å². The topological polar surface area (TPSA) is 72.4 Å². The molecule has 180 valence electrons. The number of anilines is 1. The Morgan fingerprint density at radius 1 is 1.03 bits per heavy atom. The number of hydrogen-bond donors (Lipinski definition) is 2. The molecule has 8 heteroatoms. The third-order valence-corrected chi connectivity index (χ3v) is 6.56. The Kier molecular flexibility index (Phi) is 8.34. The van der Waals surface area contributed by atoms with E-state index >= 15 is 0 Å². The summed E-state index contributed by atoms with van der Waals surface area (Å²) in [6, 6.07) is 22.3. The van der Waals surface area contributed by atoms with Gasteiger partial charge in [0.05, 0.1) is 12.4 Å². The van der Waals surface area contributed by atoms with E-state index < -0.39 is 0 Å². The van der Waals surface area contributed by atoms with Crippen LogP contribution in [0.1, 0.15) is 17.3 Å². The lowest BCUT2D eigenvalue weighted by molar-refractivity contribution is -0.113. The molecule has 0 spiro atoms. The van der Waals surface area contributed by atoms with Crippen LogP contribution in [0.15, 0.2) is 83.9 Å². The molecule has 0 saturated carbocycles. The summed E-state index contributed by atoms with van der Waals surface area (Å²) in [5.74, 6) is 0.789. The van der Waals surface area contributed by atoms with Crippen molar-refractivity contribution in [3.05, 3.63) is 89.6 Å². The first-order chi connectivity index (χ1) is 17.0. The SMILES string of the molecule is CCOc1ccc(C(=O)NCCn2cc(SCC(=O)Nc3cccc(Cl)c3)c3ccccc32)cc1. The molecule has 0 fully saturated rings. The zero-order chi connectivity index (χ0) is 24.6. The van der Waals surface area contributed by atoms with Gasteiger partial charge in [0.1, 0.15) is 5.75 Å². The minimum absolute atomic E-state index is 0.100. The predicted molar refractivity (Wildman–Crippen MR) is 143 cm³/mol. The lowest BCUT2D eigenvalue weighted by Gasteiger charge is -2.08. The molecule has 0 unspecified atom stereocenters. The Labute approximate surface area is 213 Å². The van der Waals surface area contributed by atoms with Crippen molar-refractivity contribution < 1.29 is 14.3 Å². The van der Waals surface area contributed by atoms with Gasteiger partial charge < -0.3 is 19.9 Å². The van der Waals surface area contributed by atoms with E-state index in [1.807, 2.05) is 43.5 Å². The monoisotopic (exact) mass is 507 g/mol. The number of aromatic nitrogens is 1. The van der Waals surface area contributed by atoms with Crippen molar-refractivity contribution in [2.24, 2.45) is 0 Å². The number of fused-ring (bicyclic) bond motifs is 1. The van der Waals surface area contributed by atoms with Gasteiger partial charge >= 0.3 is 0 Å². The van der Waals surface area contributed by atoms with Gasteiger partial charge in [-0.1, -0.05) is 35.9 Å². The van der Waals surface area contributed by atoms with Crippen LogP contribution in [0.4, 0.5) is 5.69 Å². The highest BCUT2D eigenvalue weighted by atomic mass is 35.5. The van der Waals surface area contributed by atoms with Crippen LogP contribution in [-0.4, -0.2) is 35.3 Å². The van der Waals surface area contributed by atoms with Crippen molar-refractivity contribution in [3.8, 4) is 5.75 Å². The molecular weight excluding hydrogens is 482 g/mol. The van der Waals surface area contributed by atoms with Crippen molar-refractivity contribution in [1.29, 1.82) is 0 Å². The van der Waals surface area contributed by atoms with E-state index in [4.69, 9.17) is 16.3 Å². The van der Waals surface area contributed by atoms with Crippen LogP contribution >= 0.6 is 23.4 Å². The molecule has 0 aliphatic carbocycles. The fourth-order valence-electron chi connectivity index (χ4n) is 3.68. The van der Waals surface area contributed by atoms with Gasteiger partial charge in [-0.2, -0.15) is 0 Å². The van der Waals surface area contributed by atoms with E-state index in [9.17, 15) is 9.59 Å². The molecule has 0 atom stereocenters. The molecule has 4 rings (SSSR count). The van der Waals surface area contributed by atoms with Gasteiger partial charge in [-0.05, 0) is 55.5 Å². The number of halogens is 1. The molecule has 3 aromatic carbocycles. The van der Waals surface area contributed by atoms with Crippen molar-refractivity contribution in [2.45, 2.75) is 18.4 Å². The maximum absolute atomic E-state index is 12.5. The third-order valence-electron chi connectivity index (χ3n) is 5.28. The first-order valence-electron chi connectivity index (χ1n) is 11.3. The van der Waals surface area contributed by atoms with Crippen LogP contribution < -0.4 is 15.4 Å². The second-order valence-electron chi connectivity index (χ2n) is 7.76. The van der Waals surface area contributed by atoms with E-state index in [0.717, 1.165) is 21.5 Å². The number of nitrogens with zero attached hydrogens (tertiary/aromatic N) is 1. The van der Waals surface area contributed by atoms with Crippen molar-refractivity contribution in [1.82, 2.24) is 9.88 Å². The van der Waals surface area contributed by atoms with Crippen molar-refractivity contribution in [3.63, 3.8) is 0 Å². The fourth-order valence-corrected chi connectivity index (χ4v) is 4.76. The molecule has 6 nitrogen and oxygen atoms in total. The quantitative estimate of drug-likeness (QED) is 0.264. The third kappa shape index (κ3) is 6.59. The highest BCUT2D eigenvalue weighted by Crippen LogP contribution is 2.30. The van der Waals surface area contributed by atoms with Crippen LogP contribution in [0.3, 0.4) is 0 Å². The molecule has 35 heavy (non-hydrogen) atoms. The molecule has 4 aromatic rings. The largest absolute Gasteiger partial charge is 0.494 e. The zero-order valence-electron chi connectivity index (χ0n) is 19.3. The number of ether oxygens (including phenoxy) is 1. The average Bonchev–Trinajstić information content (AvgIpc) is 3.21. The van der Waals surface area contributed by atoms with Crippen molar-refractivity contribution >= 4 is 51.8 Å². The van der Waals surface area contributed by atoms with Crippen LogP contribution in [0.5, 0.6) is 5.75 Å². The van der Waals surface area contributed by atoms with E-state index in [1.165, 1.54) is 11.8 Å². The number of rotatable bonds is 10. The van der Waals surface area contributed by atoms with Crippen LogP contribution in [-0.2, 0) is 11.3 Å². The van der Waals surface area contributed by atoms with Gasteiger partial charge in [0.2, 0.25) is 5.91 Å². The summed E-state index contributed by atoms with van der Waals surface area (Å²) < 4.78 is 7.53. The highest BCUT2D eigenvalue weighted by Gasteiger charge is 2.12. The van der Waals surface area contributed by atoms with Crippen LogP contribution in [0.2, 0.25) is 5.02 Å². The predicted octanol–water partition coefficient (Wildman–Crippen LogP) is 5.85. The number of benzene rings is 3. The summed E-state index contributed by atoms with van der Waals surface area (Å²) in [4.78, 5) is 26.0. The minimum atomic E-state index is -0.128. The first kappa shape index (κ1) is 24.7. The standard InChI is InChI=1S/C27H26ClN3O3S/c1-2-34-22-12-10-19(11-13-22)27(33)29-14-15-31-17-25(23-8-3-4-9-24(23)31)35-18-26(32)30-21-7-5-6-20(28)16-21/h3-13,16-17H,2,14-15,18H2,1H3,(H,29,33)(H,30,32). The molecule has 0 aliphatic heterocycles. The zero-order valence-corrected chi connectivity index (χ0v) is 20.9. The van der Waals surface area contributed by atoms with Gasteiger partial charge in [0.15, 0.2) is 0 Å². The average molecular weight is 508 g/mol.